The largest absolute Gasteiger partial charge is 0.373 e. The molecule has 0 saturated carbocycles. The fraction of sp³-hybridized carbons (Fsp3) is 0.200. The van der Waals surface area contributed by atoms with Crippen LogP contribution in [0.15, 0.2) is 73.2 Å². The monoisotopic (exact) mass is 466 g/mol. The minimum absolute atomic E-state index is 0.236. The van der Waals surface area contributed by atoms with Crippen molar-refractivity contribution in [3.8, 4) is 5.69 Å². The molecule has 0 aliphatic carbocycles. The Labute approximate surface area is 197 Å². The number of likely N-dealkylation sites (N-methyl/N-ethyl adjacent to an activating group) is 1. The van der Waals surface area contributed by atoms with Crippen molar-refractivity contribution >= 4 is 29.5 Å². The van der Waals surface area contributed by atoms with E-state index in [2.05, 4.69) is 20.6 Å². The Balaban J connectivity index is 1.68. The minimum atomic E-state index is -0.236. The van der Waals surface area contributed by atoms with Crippen LogP contribution in [0, 0.1) is 17.5 Å². The predicted molar refractivity (Wildman–Crippen MR) is 131 cm³/mol. The first-order chi connectivity index (χ1) is 15.4. The first-order valence-corrected chi connectivity index (χ1v) is 11.1. The van der Waals surface area contributed by atoms with Crippen LogP contribution in [0.2, 0.25) is 5.02 Å². The molecule has 4 nitrogen and oxygen atoms in total. The van der Waals surface area contributed by atoms with Crippen LogP contribution < -0.4 is 4.90 Å². The summed E-state index contributed by atoms with van der Waals surface area (Å²) in [6.45, 7) is 3.49. The lowest BCUT2D eigenvalue weighted by atomic mass is 10.0. The highest BCUT2D eigenvalue weighted by Gasteiger charge is 2.14. The second-order valence-corrected chi connectivity index (χ2v) is 8.58. The lowest BCUT2D eigenvalue weighted by Crippen LogP contribution is -2.22. The Hall–Kier alpha value is -2.96. The Morgan fingerprint density at radius 3 is 2.50 bits per heavy atom. The molecule has 0 aliphatic heterocycles. The van der Waals surface area contributed by atoms with E-state index >= 15 is 0 Å². The van der Waals surface area contributed by atoms with Crippen molar-refractivity contribution in [3.05, 3.63) is 106 Å². The predicted octanol–water partition coefficient (Wildman–Crippen LogP) is 6.23. The number of hydrogen-bond donors (Lipinski definition) is 0. The van der Waals surface area contributed by atoms with E-state index in [9.17, 15) is 4.39 Å². The average molecular weight is 467 g/mol. The van der Waals surface area contributed by atoms with Gasteiger partial charge in [-0.2, -0.15) is 0 Å². The third-order valence-corrected chi connectivity index (χ3v) is 6.25. The van der Waals surface area contributed by atoms with E-state index in [4.69, 9.17) is 23.8 Å². The highest BCUT2D eigenvalue weighted by molar-refractivity contribution is 7.71. The third-order valence-electron chi connectivity index (χ3n) is 5.58. The van der Waals surface area contributed by atoms with Gasteiger partial charge in [0.2, 0.25) is 0 Å². The van der Waals surface area contributed by atoms with Gasteiger partial charge in [-0.05, 0) is 78.8 Å². The zero-order chi connectivity index (χ0) is 22.7. The standard InChI is InChI=1S/C25H24ClFN4S/c1-18-3-6-21(27)15-19(18)16-24-17-30(14-13-29(2)22-9-11-28-12-10-22)25(32)31(24)23-7-4-20(26)5-8-23/h3-12,15,17H,13-14,16H2,1-2H3. The maximum absolute atomic E-state index is 13.9. The molecule has 0 spiro atoms. The average Bonchev–Trinajstić information content (AvgIpc) is 3.10. The molecule has 164 valence electrons. The van der Waals surface area contributed by atoms with Gasteiger partial charge in [0.15, 0.2) is 4.77 Å². The second-order valence-electron chi connectivity index (χ2n) is 7.78. The van der Waals surface area contributed by atoms with Crippen LogP contribution in [0.3, 0.4) is 0 Å². The second kappa shape index (κ2) is 9.67. The molecule has 2 heterocycles. The summed E-state index contributed by atoms with van der Waals surface area (Å²) in [4.78, 5) is 6.25. The maximum Gasteiger partial charge on any atom is 0.184 e. The molecule has 0 saturated heterocycles. The van der Waals surface area contributed by atoms with E-state index in [1.54, 1.807) is 18.5 Å². The number of pyridine rings is 1. The number of halogens is 2. The molecule has 4 aromatic rings. The molecule has 2 aromatic carbocycles. The van der Waals surface area contributed by atoms with Gasteiger partial charge < -0.3 is 9.47 Å². The van der Waals surface area contributed by atoms with Crippen molar-refractivity contribution in [2.75, 3.05) is 18.5 Å². The van der Waals surface area contributed by atoms with E-state index in [0.29, 0.717) is 22.8 Å². The van der Waals surface area contributed by atoms with Crippen LogP contribution in [0.1, 0.15) is 16.8 Å². The van der Waals surface area contributed by atoms with Crippen molar-refractivity contribution < 1.29 is 4.39 Å². The SMILES string of the molecule is Cc1ccc(F)cc1Cc1cn(CCN(C)c2ccncc2)c(=S)n1-c1ccc(Cl)cc1. The van der Waals surface area contributed by atoms with E-state index < -0.39 is 0 Å². The summed E-state index contributed by atoms with van der Waals surface area (Å²) in [6, 6.07) is 16.5. The number of aryl methyl sites for hydroxylation is 1. The molecule has 7 heteroatoms. The molecule has 0 aliphatic rings. The number of rotatable bonds is 7. The van der Waals surface area contributed by atoms with Gasteiger partial charge in [0.05, 0.1) is 0 Å². The van der Waals surface area contributed by atoms with Crippen molar-refractivity contribution in [2.45, 2.75) is 19.9 Å². The third kappa shape index (κ3) is 4.92. The molecule has 0 atom stereocenters. The zero-order valence-corrected chi connectivity index (χ0v) is 19.6. The number of aromatic nitrogens is 3. The van der Waals surface area contributed by atoms with Gasteiger partial charge in [0.25, 0.3) is 0 Å². The van der Waals surface area contributed by atoms with E-state index in [0.717, 1.165) is 34.7 Å². The van der Waals surface area contributed by atoms with Crippen LogP contribution in [-0.2, 0) is 13.0 Å². The summed E-state index contributed by atoms with van der Waals surface area (Å²) in [5, 5.41) is 0.668. The van der Waals surface area contributed by atoms with Crippen LogP contribution in [0.5, 0.6) is 0 Å². The Morgan fingerprint density at radius 1 is 1.06 bits per heavy atom. The summed E-state index contributed by atoms with van der Waals surface area (Å²) in [5.41, 5.74) is 5.01. The molecule has 0 N–H and O–H groups in total. The fourth-order valence-corrected chi connectivity index (χ4v) is 4.20. The first kappa shape index (κ1) is 22.2. The Kier molecular flexibility index (Phi) is 6.72. The molecule has 4 rings (SSSR count). The van der Waals surface area contributed by atoms with Gasteiger partial charge >= 0.3 is 0 Å². The smallest absolute Gasteiger partial charge is 0.184 e. The summed E-state index contributed by atoms with van der Waals surface area (Å²) < 4.78 is 18.7. The van der Waals surface area contributed by atoms with Gasteiger partial charge in [-0.25, -0.2) is 4.39 Å². The van der Waals surface area contributed by atoms with Gasteiger partial charge in [0, 0.05) is 67.2 Å². The number of anilines is 1. The van der Waals surface area contributed by atoms with Crippen LogP contribution in [0.25, 0.3) is 5.69 Å². The molecule has 0 unspecified atom stereocenters. The van der Waals surface area contributed by atoms with Gasteiger partial charge in [0.1, 0.15) is 5.82 Å². The molecule has 32 heavy (non-hydrogen) atoms. The van der Waals surface area contributed by atoms with Gasteiger partial charge in [-0.15, -0.1) is 0 Å². The normalized spacial score (nSPS) is 11.0. The van der Waals surface area contributed by atoms with Crippen LogP contribution >= 0.6 is 23.8 Å². The molecule has 2 aromatic heterocycles. The molecular weight excluding hydrogens is 443 g/mol. The quantitative estimate of drug-likeness (QED) is 0.302. The van der Waals surface area contributed by atoms with Gasteiger partial charge in [-0.3, -0.25) is 9.55 Å². The molecule has 0 bridgehead atoms. The molecule has 0 amide bonds. The highest BCUT2D eigenvalue weighted by atomic mass is 35.5. The lowest BCUT2D eigenvalue weighted by molar-refractivity contribution is 0.625. The van der Waals surface area contributed by atoms with Crippen LogP contribution in [-0.4, -0.2) is 27.7 Å². The first-order valence-electron chi connectivity index (χ1n) is 10.4. The summed E-state index contributed by atoms with van der Waals surface area (Å²) in [5.74, 6) is -0.236. The van der Waals surface area contributed by atoms with Crippen LogP contribution in [0.4, 0.5) is 10.1 Å². The van der Waals surface area contributed by atoms with Crippen molar-refractivity contribution in [3.63, 3.8) is 0 Å². The van der Waals surface area contributed by atoms with E-state index in [-0.39, 0.29) is 5.82 Å². The minimum Gasteiger partial charge on any atom is -0.373 e. The zero-order valence-electron chi connectivity index (χ0n) is 18.0. The summed E-state index contributed by atoms with van der Waals surface area (Å²) >= 11 is 12.0. The molecule has 0 radical (unpaired) electrons. The Morgan fingerprint density at radius 2 is 1.78 bits per heavy atom. The molecular formula is C25H24ClFN4S. The van der Waals surface area contributed by atoms with E-state index in [1.165, 1.54) is 6.07 Å². The fourth-order valence-electron chi connectivity index (χ4n) is 3.71. The number of benzene rings is 2. The topological polar surface area (TPSA) is 26.0 Å². The molecule has 0 fully saturated rings. The Bertz CT molecular complexity index is 1270. The summed E-state index contributed by atoms with van der Waals surface area (Å²) in [7, 11) is 2.05. The summed E-state index contributed by atoms with van der Waals surface area (Å²) in [6.07, 6.45) is 6.21. The number of nitrogens with zero attached hydrogens (tertiary/aromatic N) is 4. The number of imidazole rings is 1. The van der Waals surface area contributed by atoms with E-state index in [1.807, 2.05) is 61.0 Å². The van der Waals surface area contributed by atoms with Crippen molar-refractivity contribution in [1.29, 1.82) is 0 Å². The highest BCUT2D eigenvalue weighted by Crippen LogP contribution is 2.22. The van der Waals surface area contributed by atoms with Crippen molar-refractivity contribution in [1.82, 2.24) is 14.1 Å². The number of hydrogen-bond acceptors (Lipinski definition) is 3. The maximum atomic E-state index is 13.9. The van der Waals surface area contributed by atoms with Gasteiger partial charge in [-0.1, -0.05) is 17.7 Å². The lowest BCUT2D eigenvalue weighted by Gasteiger charge is -2.19. The van der Waals surface area contributed by atoms with Crippen molar-refractivity contribution in [2.24, 2.45) is 0 Å².